The minimum absolute atomic E-state index is 0.186. The van der Waals surface area contributed by atoms with Crippen molar-refractivity contribution in [3.05, 3.63) is 82.3 Å². The van der Waals surface area contributed by atoms with Crippen LogP contribution in [-0.2, 0) is 0 Å². The topological polar surface area (TPSA) is 76.5 Å². The van der Waals surface area contributed by atoms with Crippen molar-refractivity contribution in [2.75, 3.05) is 20.8 Å². The number of hydrazine groups is 1. The Labute approximate surface area is 194 Å². The van der Waals surface area contributed by atoms with Gasteiger partial charge >= 0.3 is 0 Å². The molecule has 2 aliphatic rings. The van der Waals surface area contributed by atoms with Crippen molar-refractivity contribution in [1.82, 2.24) is 30.3 Å². The monoisotopic (exact) mass is 494 g/mol. The summed E-state index contributed by atoms with van der Waals surface area (Å²) in [6, 6.07) is 10.1. The summed E-state index contributed by atoms with van der Waals surface area (Å²) >= 11 is 3.59. The molecule has 0 saturated carbocycles. The molecular weight excluding hydrogens is 472 g/mol. The number of benzene rings is 1. The zero-order valence-electron chi connectivity index (χ0n) is 18.0. The summed E-state index contributed by atoms with van der Waals surface area (Å²) in [6.45, 7) is 2.71. The van der Waals surface area contributed by atoms with E-state index in [1.807, 2.05) is 35.9 Å². The average Bonchev–Trinajstić information content (AvgIpc) is 3.44. The first-order valence-corrected chi connectivity index (χ1v) is 11.0. The Hall–Kier alpha value is -3.30. The zero-order chi connectivity index (χ0) is 22.2. The number of aromatic nitrogens is 3. The lowest BCUT2D eigenvalue weighted by Crippen LogP contribution is -2.33. The lowest BCUT2D eigenvalue weighted by atomic mass is 10.0. The first-order valence-electron chi connectivity index (χ1n) is 10.2. The molecular formula is C23H23BrN6O2. The maximum atomic E-state index is 5.58. The second kappa shape index (κ2) is 8.33. The van der Waals surface area contributed by atoms with Gasteiger partial charge in [-0.05, 0) is 52.7 Å². The van der Waals surface area contributed by atoms with E-state index in [2.05, 4.69) is 61.0 Å². The van der Waals surface area contributed by atoms with Crippen LogP contribution >= 0.6 is 15.9 Å². The van der Waals surface area contributed by atoms with Crippen LogP contribution in [0.15, 0.2) is 65.3 Å². The number of aryl methyl sites for hydroxylation is 1. The summed E-state index contributed by atoms with van der Waals surface area (Å²) in [6.07, 6.45) is 7.79. The van der Waals surface area contributed by atoms with E-state index in [-0.39, 0.29) is 6.17 Å². The van der Waals surface area contributed by atoms with Gasteiger partial charge < -0.3 is 19.4 Å². The van der Waals surface area contributed by atoms with Gasteiger partial charge in [0.15, 0.2) is 0 Å². The molecule has 32 heavy (non-hydrogen) atoms. The Bertz CT molecular complexity index is 1230. The van der Waals surface area contributed by atoms with Gasteiger partial charge in [0.1, 0.15) is 23.4 Å². The SMILES string of the molecule is COc1ccc(C2=C3NC(c4ccc(-n5cnc(C)c5)c(OC)n4)NN3CC=C2)cc1Br. The van der Waals surface area contributed by atoms with E-state index >= 15 is 0 Å². The molecule has 4 heterocycles. The molecule has 8 nitrogen and oxygen atoms in total. The van der Waals surface area contributed by atoms with Crippen LogP contribution in [0.2, 0.25) is 0 Å². The molecule has 0 amide bonds. The maximum Gasteiger partial charge on any atom is 0.238 e. The summed E-state index contributed by atoms with van der Waals surface area (Å²) < 4.78 is 13.8. The van der Waals surface area contributed by atoms with E-state index in [1.165, 1.54) is 0 Å². The number of hydrogen-bond acceptors (Lipinski definition) is 7. The normalized spacial score (nSPS) is 17.4. The molecule has 1 fully saturated rings. The lowest BCUT2D eigenvalue weighted by molar-refractivity contribution is 0.294. The molecule has 0 aliphatic carbocycles. The molecule has 2 aromatic heterocycles. The smallest absolute Gasteiger partial charge is 0.238 e. The largest absolute Gasteiger partial charge is 0.496 e. The number of fused-ring (bicyclic) bond motifs is 1. The molecule has 5 rings (SSSR count). The highest BCUT2D eigenvalue weighted by molar-refractivity contribution is 9.10. The van der Waals surface area contributed by atoms with Gasteiger partial charge in [-0.2, -0.15) is 0 Å². The molecule has 0 bridgehead atoms. The predicted molar refractivity (Wildman–Crippen MR) is 125 cm³/mol. The molecule has 1 saturated heterocycles. The molecule has 1 atom stereocenters. The third kappa shape index (κ3) is 3.63. The highest BCUT2D eigenvalue weighted by Gasteiger charge is 2.31. The molecule has 2 N–H and O–H groups in total. The van der Waals surface area contributed by atoms with E-state index < -0.39 is 0 Å². The summed E-state index contributed by atoms with van der Waals surface area (Å²) in [5.41, 5.74) is 8.29. The van der Waals surface area contributed by atoms with Crippen molar-refractivity contribution in [2.45, 2.75) is 13.1 Å². The van der Waals surface area contributed by atoms with Gasteiger partial charge in [0.25, 0.3) is 0 Å². The van der Waals surface area contributed by atoms with E-state index in [9.17, 15) is 0 Å². The van der Waals surface area contributed by atoms with E-state index in [0.717, 1.165) is 50.8 Å². The van der Waals surface area contributed by atoms with Crippen LogP contribution in [0.25, 0.3) is 11.3 Å². The van der Waals surface area contributed by atoms with Crippen LogP contribution < -0.4 is 20.2 Å². The average molecular weight is 495 g/mol. The molecule has 1 unspecified atom stereocenters. The Morgan fingerprint density at radius 1 is 1.16 bits per heavy atom. The third-order valence-corrected chi connectivity index (χ3v) is 6.09. The molecule has 0 spiro atoms. The summed E-state index contributed by atoms with van der Waals surface area (Å²) in [7, 11) is 3.29. The molecule has 9 heteroatoms. The van der Waals surface area contributed by atoms with Crippen LogP contribution in [-0.4, -0.2) is 40.3 Å². The standard InChI is InChI=1S/C23H23BrN6O2/c1-14-12-29(13-25-14)19-8-7-18(26-23(19)32-3)21-27-22-16(5-4-10-30(22)28-21)15-6-9-20(31-2)17(24)11-15/h4-9,11-13,21,27-28H,10H2,1-3H3. The summed E-state index contributed by atoms with van der Waals surface area (Å²) in [4.78, 5) is 9.06. The molecule has 0 radical (unpaired) electrons. The number of halogens is 1. The molecule has 3 aromatic rings. The fourth-order valence-electron chi connectivity index (χ4n) is 3.90. The maximum absolute atomic E-state index is 5.58. The molecule has 1 aromatic carbocycles. The number of rotatable bonds is 5. The summed E-state index contributed by atoms with van der Waals surface area (Å²) in [5, 5.41) is 5.68. The lowest BCUT2D eigenvalue weighted by Gasteiger charge is -2.23. The number of allylic oxidation sites excluding steroid dienone is 2. The number of pyridine rings is 1. The van der Waals surface area contributed by atoms with Crippen molar-refractivity contribution < 1.29 is 9.47 Å². The van der Waals surface area contributed by atoms with Gasteiger partial charge in [-0.25, -0.2) is 15.4 Å². The van der Waals surface area contributed by atoms with Crippen molar-refractivity contribution in [1.29, 1.82) is 0 Å². The molecule has 2 aliphatic heterocycles. The van der Waals surface area contributed by atoms with Crippen molar-refractivity contribution >= 4 is 21.5 Å². The van der Waals surface area contributed by atoms with Crippen molar-refractivity contribution in [2.24, 2.45) is 0 Å². The number of nitrogens with one attached hydrogen (secondary N) is 2. The first-order chi connectivity index (χ1) is 15.6. The number of ether oxygens (including phenoxy) is 2. The minimum Gasteiger partial charge on any atom is -0.496 e. The van der Waals surface area contributed by atoms with Crippen LogP contribution in [0.1, 0.15) is 23.1 Å². The fourth-order valence-corrected chi connectivity index (χ4v) is 4.44. The molecule has 164 valence electrons. The second-order valence-electron chi connectivity index (χ2n) is 7.52. The van der Waals surface area contributed by atoms with Crippen LogP contribution in [0.3, 0.4) is 0 Å². The van der Waals surface area contributed by atoms with E-state index in [1.54, 1.807) is 20.5 Å². The summed E-state index contributed by atoms with van der Waals surface area (Å²) in [5.74, 6) is 2.35. The van der Waals surface area contributed by atoms with Gasteiger partial charge in [0.05, 0.1) is 43.0 Å². The quantitative estimate of drug-likeness (QED) is 0.559. The van der Waals surface area contributed by atoms with Gasteiger partial charge in [-0.1, -0.05) is 18.2 Å². The number of nitrogens with zero attached hydrogens (tertiary/aromatic N) is 4. The Morgan fingerprint density at radius 2 is 2.03 bits per heavy atom. The van der Waals surface area contributed by atoms with E-state index in [4.69, 9.17) is 14.5 Å². The van der Waals surface area contributed by atoms with Crippen molar-refractivity contribution in [3.8, 4) is 17.3 Å². The van der Waals surface area contributed by atoms with E-state index in [0.29, 0.717) is 5.88 Å². The fraction of sp³-hybridized carbons (Fsp3) is 0.217. The van der Waals surface area contributed by atoms with Gasteiger partial charge in [-0.3, -0.25) is 5.01 Å². The Kier molecular flexibility index (Phi) is 5.36. The van der Waals surface area contributed by atoms with Crippen LogP contribution in [0.5, 0.6) is 11.6 Å². The number of imidazole rings is 1. The van der Waals surface area contributed by atoms with Gasteiger partial charge in [0.2, 0.25) is 5.88 Å². The van der Waals surface area contributed by atoms with Gasteiger partial charge in [-0.15, -0.1) is 0 Å². The number of hydrogen-bond donors (Lipinski definition) is 2. The zero-order valence-corrected chi connectivity index (χ0v) is 19.5. The van der Waals surface area contributed by atoms with Crippen molar-refractivity contribution in [3.63, 3.8) is 0 Å². The first kappa shape index (κ1) is 20.6. The Balaban J connectivity index is 1.46. The second-order valence-corrected chi connectivity index (χ2v) is 8.37. The Morgan fingerprint density at radius 3 is 2.75 bits per heavy atom. The van der Waals surface area contributed by atoms with Gasteiger partial charge in [0, 0.05) is 11.8 Å². The predicted octanol–water partition coefficient (Wildman–Crippen LogP) is 3.70. The van der Waals surface area contributed by atoms with Crippen LogP contribution in [0.4, 0.5) is 0 Å². The highest BCUT2D eigenvalue weighted by Crippen LogP contribution is 2.34. The minimum atomic E-state index is -0.186. The third-order valence-electron chi connectivity index (χ3n) is 5.47. The highest BCUT2D eigenvalue weighted by atomic mass is 79.9. The van der Waals surface area contributed by atoms with Crippen LogP contribution in [0, 0.1) is 6.92 Å². The number of methoxy groups -OCH3 is 2.